The van der Waals surface area contributed by atoms with Crippen molar-refractivity contribution in [2.45, 2.75) is 161 Å². The molecular weight excluding hydrogens is 360 g/mol. The Morgan fingerprint density at radius 2 is 0.833 bits per heavy atom. The highest BCUT2D eigenvalue weighted by Gasteiger charge is 2.07. The lowest BCUT2D eigenvalue weighted by Gasteiger charge is -2.16. The maximum Gasteiger partial charge on any atom is -0.0351 e. The van der Waals surface area contributed by atoms with Crippen molar-refractivity contribution in [2.75, 3.05) is 0 Å². The Bertz CT molecular complexity index is 316. The third-order valence-electron chi connectivity index (χ3n) is 6.58. The lowest BCUT2D eigenvalue weighted by Crippen LogP contribution is -2.00. The first-order valence-electron chi connectivity index (χ1n) is 14.1. The highest BCUT2D eigenvalue weighted by Crippen LogP contribution is 2.23. The summed E-state index contributed by atoms with van der Waals surface area (Å²) in [5.74, 6) is 1.01. The summed E-state index contributed by atoms with van der Waals surface area (Å²) in [5.41, 5.74) is 0. The van der Waals surface area contributed by atoms with Crippen molar-refractivity contribution in [3.63, 3.8) is 0 Å². The molecule has 1 unspecified atom stereocenters. The van der Waals surface area contributed by atoms with Gasteiger partial charge in [0.25, 0.3) is 0 Å². The number of rotatable bonds is 25. The predicted molar refractivity (Wildman–Crippen MR) is 140 cm³/mol. The summed E-state index contributed by atoms with van der Waals surface area (Å²) in [6.45, 7) is 10.2. The van der Waals surface area contributed by atoms with E-state index in [4.69, 9.17) is 0 Å². The quantitative estimate of drug-likeness (QED) is 0.102. The molecule has 0 aliphatic rings. The molecule has 0 rings (SSSR count). The van der Waals surface area contributed by atoms with Crippen LogP contribution < -0.4 is 0 Å². The van der Waals surface area contributed by atoms with Crippen LogP contribution >= 0.6 is 0 Å². The molecule has 0 spiro atoms. The molecule has 0 saturated carbocycles. The summed E-state index contributed by atoms with van der Waals surface area (Å²) in [7, 11) is 0. The van der Waals surface area contributed by atoms with Crippen molar-refractivity contribution >= 4 is 0 Å². The predicted octanol–water partition coefficient (Wildman–Crippen LogP) is 11.2. The fraction of sp³-hybridized carbons (Fsp3) is 0.867. The second kappa shape index (κ2) is 26.8. The van der Waals surface area contributed by atoms with Crippen LogP contribution in [0.1, 0.15) is 161 Å². The van der Waals surface area contributed by atoms with Crippen LogP contribution in [0.15, 0.2) is 12.2 Å². The van der Waals surface area contributed by atoms with Gasteiger partial charge in [0.15, 0.2) is 0 Å². The van der Waals surface area contributed by atoms with Crippen LogP contribution in [0.5, 0.6) is 0 Å². The van der Waals surface area contributed by atoms with Crippen LogP contribution in [-0.4, -0.2) is 0 Å². The van der Waals surface area contributed by atoms with Crippen molar-refractivity contribution in [3.05, 3.63) is 26.0 Å². The number of hydrogen-bond acceptors (Lipinski definition) is 0. The molecule has 0 bridgehead atoms. The monoisotopic (exact) mass is 418 g/mol. The minimum atomic E-state index is 1.01. The topological polar surface area (TPSA) is 0 Å². The van der Waals surface area contributed by atoms with Crippen molar-refractivity contribution in [3.8, 4) is 0 Å². The molecular formula is C30H58. The highest BCUT2D eigenvalue weighted by molar-refractivity contribution is 4.81. The summed E-state index contributed by atoms with van der Waals surface area (Å²) in [5, 5.41) is 0. The largest absolute Gasteiger partial charge is 0.0885 e. The Kier molecular flexibility index (Phi) is 26.5. The number of allylic oxidation sites excluding steroid dienone is 2. The molecule has 0 aliphatic heterocycles. The lowest BCUT2D eigenvalue weighted by molar-refractivity contribution is 0.378. The highest BCUT2D eigenvalue weighted by atomic mass is 14.1. The minimum absolute atomic E-state index is 1.01. The molecule has 0 aromatic heterocycles. The van der Waals surface area contributed by atoms with Gasteiger partial charge >= 0.3 is 0 Å². The van der Waals surface area contributed by atoms with E-state index in [0.29, 0.717) is 0 Å². The van der Waals surface area contributed by atoms with Crippen molar-refractivity contribution < 1.29 is 0 Å². The Morgan fingerprint density at radius 1 is 0.467 bits per heavy atom. The molecule has 30 heavy (non-hydrogen) atoms. The molecule has 0 aromatic carbocycles. The molecule has 0 aliphatic carbocycles. The van der Waals surface area contributed by atoms with Crippen molar-refractivity contribution in [2.24, 2.45) is 5.92 Å². The second-order valence-corrected chi connectivity index (χ2v) is 9.64. The van der Waals surface area contributed by atoms with Crippen LogP contribution in [0.2, 0.25) is 0 Å². The Labute approximate surface area is 193 Å². The third-order valence-corrected chi connectivity index (χ3v) is 6.58. The van der Waals surface area contributed by atoms with Gasteiger partial charge in [-0.1, -0.05) is 161 Å². The maximum absolute atomic E-state index is 3.92. The second-order valence-electron chi connectivity index (χ2n) is 9.64. The molecule has 1 atom stereocenters. The average molecular weight is 419 g/mol. The van der Waals surface area contributed by atoms with Crippen LogP contribution in [0.25, 0.3) is 0 Å². The lowest BCUT2D eigenvalue weighted by atomic mass is 9.90. The summed E-state index contributed by atoms with van der Waals surface area (Å²) in [6, 6.07) is 0. The molecule has 0 aromatic rings. The van der Waals surface area contributed by atoms with Crippen LogP contribution in [0, 0.1) is 19.8 Å². The first-order valence-corrected chi connectivity index (χ1v) is 14.1. The van der Waals surface area contributed by atoms with Gasteiger partial charge in [0.1, 0.15) is 0 Å². The van der Waals surface area contributed by atoms with Gasteiger partial charge in [-0.25, -0.2) is 0 Å². The van der Waals surface area contributed by atoms with Crippen molar-refractivity contribution in [1.29, 1.82) is 0 Å². The minimum Gasteiger partial charge on any atom is -0.0885 e. The van der Waals surface area contributed by atoms with E-state index in [1.165, 1.54) is 141 Å². The van der Waals surface area contributed by atoms with E-state index in [0.717, 1.165) is 18.8 Å². The number of hydrogen-bond donors (Lipinski definition) is 0. The molecule has 0 N–H and O–H groups in total. The molecule has 178 valence electrons. The van der Waals surface area contributed by atoms with E-state index in [1.54, 1.807) is 0 Å². The van der Waals surface area contributed by atoms with E-state index in [1.807, 2.05) is 0 Å². The molecule has 0 heteroatoms. The van der Waals surface area contributed by atoms with Gasteiger partial charge in [-0.3, -0.25) is 0 Å². The zero-order valence-electron chi connectivity index (χ0n) is 21.1. The Hall–Kier alpha value is -0.260. The van der Waals surface area contributed by atoms with Crippen molar-refractivity contribution in [1.82, 2.24) is 0 Å². The SMILES string of the molecule is [CH2]CCCCC=CCCCCCC(CCC)CCCCCCCCCCCCC[CH2]. The number of unbranched alkanes of at least 4 members (excludes halogenated alkanes) is 17. The zero-order valence-corrected chi connectivity index (χ0v) is 21.1. The molecule has 0 fully saturated rings. The van der Waals surface area contributed by atoms with E-state index in [2.05, 4.69) is 32.9 Å². The fourth-order valence-electron chi connectivity index (χ4n) is 4.59. The van der Waals surface area contributed by atoms with Gasteiger partial charge in [0.2, 0.25) is 0 Å². The van der Waals surface area contributed by atoms with E-state index in [9.17, 15) is 0 Å². The van der Waals surface area contributed by atoms with E-state index < -0.39 is 0 Å². The van der Waals surface area contributed by atoms with Gasteiger partial charge in [0, 0.05) is 0 Å². The molecule has 0 heterocycles. The Morgan fingerprint density at radius 3 is 1.30 bits per heavy atom. The van der Waals surface area contributed by atoms with Gasteiger partial charge in [-0.2, -0.15) is 0 Å². The van der Waals surface area contributed by atoms with Crippen LogP contribution in [0.3, 0.4) is 0 Å². The first kappa shape index (κ1) is 29.7. The smallest absolute Gasteiger partial charge is 0.0351 e. The normalized spacial score (nSPS) is 12.8. The fourth-order valence-corrected chi connectivity index (χ4v) is 4.59. The van der Waals surface area contributed by atoms with Crippen LogP contribution in [-0.2, 0) is 0 Å². The third kappa shape index (κ3) is 24.0. The van der Waals surface area contributed by atoms with Gasteiger partial charge in [0.05, 0.1) is 0 Å². The van der Waals surface area contributed by atoms with Crippen LogP contribution in [0.4, 0.5) is 0 Å². The maximum atomic E-state index is 3.92. The first-order chi connectivity index (χ1) is 14.8. The average Bonchev–Trinajstić information content (AvgIpc) is 2.75. The molecule has 0 nitrogen and oxygen atoms in total. The molecule has 0 saturated heterocycles. The molecule has 0 amide bonds. The van der Waals surface area contributed by atoms with Gasteiger partial charge in [-0.05, 0) is 31.6 Å². The summed E-state index contributed by atoms with van der Waals surface area (Å²) in [6.07, 6.45) is 38.1. The molecule has 2 radical (unpaired) electrons. The Balaban J connectivity index is 3.45. The summed E-state index contributed by atoms with van der Waals surface area (Å²) in [4.78, 5) is 0. The summed E-state index contributed by atoms with van der Waals surface area (Å²) >= 11 is 0. The zero-order chi connectivity index (χ0) is 22.0. The standard InChI is InChI=1S/C30H58/c1-4-7-9-11-13-15-17-18-20-22-24-26-29-30(27-6-3)28-25-23-21-19-16-14-12-10-8-5-2/h14,16,30H,1-2,4-13,15,17-29H2,3H3. The van der Waals surface area contributed by atoms with Gasteiger partial charge < -0.3 is 0 Å². The van der Waals surface area contributed by atoms with E-state index >= 15 is 0 Å². The van der Waals surface area contributed by atoms with Gasteiger partial charge in [-0.15, -0.1) is 0 Å². The summed E-state index contributed by atoms with van der Waals surface area (Å²) < 4.78 is 0. The van der Waals surface area contributed by atoms with E-state index in [-0.39, 0.29) is 0 Å².